The predicted octanol–water partition coefficient (Wildman–Crippen LogP) is 4.98. The van der Waals surface area contributed by atoms with Gasteiger partial charge in [0.15, 0.2) is 0 Å². The van der Waals surface area contributed by atoms with Gasteiger partial charge in [-0.1, -0.05) is 29.8 Å². The number of benzene rings is 2. The van der Waals surface area contributed by atoms with Gasteiger partial charge in [0, 0.05) is 29.8 Å². The third-order valence-electron chi connectivity index (χ3n) is 3.97. The number of amides is 1. The fraction of sp³-hybridized carbons (Fsp3) is 0.105. The third-order valence-corrected chi connectivity index (χ3v) is 6.44. The number of nitrogen functional groups attached to an aromatic ring is 1. The van der Waals surface area contributed by atoms with Gasteiger partial charge in [0.05, 0.1) is 0 Å². The van der Waals surface area contributed by atoms with Crippen molar-refractivity contribution in [2.75, 3.05) is 12.4 Å². The summed E-state index contributed by atoms with van der Waals surface area (Å²) in [5.74, 6) is -0.258. The summed E-state index contributed by atoms with van der Waals surface area (Å²) < 4.78 is 1.03. The minimum atomic E-state index is -1.52. The van der Waals surface area contributed by atoms with Crippen molar-refractivity contribution in [3.05, 3.63) is 70.2 Å². The second-order valence-corrected chi connectivity index (χ2v) is 8.79. The monoisotopic (exact) mass is 404 g/mol. The predicted molar refractivity (Wildman–Crippen MR) is 113 cm³/mol. The lowest BCUT2D eigenvalue weighted by atomic mass is 10.1. The first-order valence-electron chi connectivity index (χ1n) is 7.87. The van der Waals surface area contributed by atoms with Gasteiger partial charge in [-0.3, -0.25) is 4.79 Å². The zero-order chi connectivity index (χ0) is 18.7. The minimum Gasteiger partial charge on any atom is -0.398 e. The summed E-state index contributed by atoms with van der Waals surface area (Å²) in [6.07, 6.45) is 3.30. The maximum Gasteiger partial charge on any atom is 0.238 e. The van der Waals surface area contributed by atoms with Gasteiger partial charge >= 0.3 is 0 Å². The molecule has 2 atom stereocenters. The standard InChI is InChI=1S/C19H18ClN2O2PS/c1-25(24)18(15-11-26-17-7-6-13(20)10-14(15)17)19(23)22-9-8-12-4-2-3-5-16(12)21/h2-11,18,24H,21H2,1H3,(H,22,23)/b9-8+. The Balaban J connectivity index is 1.84. The van der Waals surface area contributed by atoms with Crippen LogP contribution in [0.1, 0.15) is 16.8 Å². The fourth-order valence-corrected chi connectivity index (χ4v) is 4.97. The van der Waals surface area contributed by atoms with E-state index in [2.05, 4.69) is 5.32 Å². The number of fused-ring (bicyclic) bond motifs is 1. The van der Waals surface area contributed by atoms with Crippen LogP contribution in [0.3, 0.4) is 0 Å². The first-order valence-corrected chi connectivity index (χ1v) is 10.9. The molecule has 1 heterocycles. The highest BCUT2D eigenvalue weighted by molar-refractivity contribution is 7.52. The smallest absolute Gasteiger partial charge is 0.238 e. The average molecular weight is 405 g/mol. The van der Waals surface area contributed by atoms with Gasteiger partial charge in [-0.2, -0.15) is 0 Å². The summed E-state index contributed by atoms with van der Waals surface area (Å²) in [7, 11) is -1.52. The highest BCUT2D eigenvalue weighted by Gasteiger charge is 2.28. The summed E-state index contributed by atoms with van der Waals surface area (Å²) >= 11 is 7.64. The quantitative estimate of drug-likeness (QED) is 0.414. The molecule has 1 aromatic heterocycles. The number of hydrogen-bond acceptors (Lipinski definition) is 4. The molecule has 0 aliphatic heterocycles. The van der Waals surface area contributed by atoms with Crippen LogP contribution in [0.5, 0.6) is 0 Å². The van der Waals surface area contributed by atoms with Crippen molar-refractivity contribution in [2.45, 2.75) is 5.66 Å². The van der Waals surface area contributed by atoms with Crippen molar-refractivity contribution >= 4 is 58.8 Å². The first kappa shape index (κ1) is 18.9. The third kappa shape index (κ3) is 4.08. The minimum absolute atomic E-state index is 0.258. The van der Waals surface area contributed by atoms with Crippen molar-refractivity contribution in [3.8, 4) is 0 Å². The molecule has 3 aromatic rings. The van der Waals surface area contributed by atoms with Crippen molar-refractivity contribution in [1.82, 2.24) is 5.32 Å². The van der Waals surface area contributed by atoms with Gasteiger partial charge in [0.25, 0.3) is 0 Å². The molecule has 2 unspecified atom stereocenters. The molecule has 0 fully saturated rings. The molecule has 1 amide bonds. The maximum atomic E-state index is 12.7. The average Bonchev–Trinajstić information content (AvgIpc) is 2.99. The number of carbonyl (C=O) groups excluding carboxylic acids is 1. The summed E-state index contributed by atoms with van der Waals surface area (Å²) in [6, 6.07) is 13.0. The number of carbonyl (C=O) groups is 1. The number of anilines is 1. The van der Waals surface area contributed by atoms with E-state index in [-0.39, 0.29) is 5.91 Å². The van der Waals surface area contributed by atoms with E-state index < -0.39 is 13.8 Å². The lowest BCUT2D eigenvalue weighted by molar-refractivity contribution is -0.119. The number of thiophene rings is 1. The van der Waals surface area contributed by atoms with E-state index in [1.54, 1.807) is 25.0 Å². The Bertz CT molecular complexity index is 971. The molecule has 2 aromatic carbocycles. The molecule has 134 valence electrons. The molecular formula is C19H18ClN2O2PS. The Kier molecular flexibility index (Phi) is 5.94. The van der Waals surface area contributed by atoms with Crippen molar-refractivity contribution in [2.24, 2.45) is 0 Å². The summed E-state index contributed by atoms with van der Waals surface area (Å²) in [4.78, 5) is 23.0. The SMILES string of the molecule is CP(O)C(C(=O)N/C=C/c1ccccc1N)c1csc2ccc(Cl)cc12. The highest BCUT2D eigenvalue weighted by atomic mass is 35.5. The number of nitrogens with two attached hydrogens (primary N) is 1. The molecule has 0 saturated carbocycles. The molecule has 0 saturated heterocycles. The summed E-state index contributed by atoms with van der Waals surface area (Å²) in [6.45, 7) is 1.67. The molecule has 0 spiro atoms. The molecule has 0 aliphatic rings. The molecule has 4 nitrogen and oxygen atoms in total. The van der Waals surface area contributed by atoms with Crippen LogP contribution in [0.4, 0.5) is 5.69 Å². The molecule has 7 heteroatoms. The van der Waals surface area contributed by atoms with Gasteiger partial charge in [-0.05, 0) is 58.9 Å². The van der Waals surface area contributed by atoms with Crippen LogP contribution in [0.15, 0.2) is 54.0 Å². The number of halogens is 1. The Hall–Kier alpha value is -1.91. The molecular weight excluding hydrogens is 387 g/mol. The first-order chi connectivity index (χ1) is 12.5. The van der Waals surface area contributed by atoms with Crippen molar-refractivity contribution in [1.29, 1.82) is 0 Å². The van der Waals surface area contributed by atoms with E-state index in [0.717, 1.165) is 21.2 Å². The van der Waals surface area contributed by atoms with Crippen LogP contribution in [-0.2, 0) is 4.79 Å². The number of rotatable bonds is 5. The Morgan fingerprint density at radius 3 is 2.85 bits per heavy atom. The largest absolute Gasteiger partial charge is 0.398 e. The number of hydrogen-bond donors (Lipinski definition) is 3. The van der Waals surface area contributed by atoms with Crippen LogP contribution in [0.2, 0.25) is 5.02 Å². The summed E-state index contributed by atoms with van der Waals surface area (Å²) in [5.41, 5.74) is 7.51. The van der Waals surface area contributed by atoms with E-state index in [0.29, 0.717) is 10.7 Å². The van der Waals surface area contributed by atoms with Crippen molar-refractivity contribution in [3.63, 3.8) is 0 Å². The lowest BCUT2D eigenvalue weighted by Crippen LogP contribution is -2.23. The molecule has 0 radical (unpaired) electrons. The van der Waals surface area contributed by atoms with Gasteiger partial charge < -0.3 is 15.9 Å². The summed E-state index contributed by atoms with van der Waals surface area (Å²) in [5, 5.41) is 6.19. The zero-order valence-electron chi connectivity index (χ0n) is 14.0. The van der Waals surface area contributed by atoms with Gasteiger partial charge in [0.1, 0.15) is 5.66 Å². The number of para-hydroxylation sites is 1. The van der Waals surface area contributed by atoms with E-state index >= 15 is 0 Å². The topological polar surface area (TPSA) is 75.3 Å². The normalized spacial score (nSPS) is 13.8. The van der Waals surface area contributed by atoms with Crippen molar-refractivity contribution < 1.29 is 9.69 Å². The lowest BCUT2D eigenvalue weighted by Gasteiger charge is -2.18. The molecule has 0 bridgehead atoms. The van der Waals surface area contributed by atoms with E-state index in [4.69, 9.17) is 17.3 Å². The number of nitrogens with one attached hydrogen (secondary N) is 1. The molecule has 0 aliphatic carbocycles. The highest BCUT2D eigenvalue weighted by Crippen LogP contribution is 2.48. The van der Waals surface area contributed by atoms with Gasteiger partial charge in [0.2, 0.25) is 5.91 Å². The van der Waals surface area contributed by atoms with Crippen LogP contribution < -0.4 is 11.1 Å². The Labute approximate surface area is 162 Å². The van der Waals surface area contributed by atoms with E-state index in [1.807, 2.05) is 41.8 Å². The van der Waals surface area contributed by atoms with Crippen LogP contribution in [0, 0.1) is 0 Å². The fourth-order valence-electron chi connectivity index (χ4n) is 2.70. The van der Waals surface area contributed by atoms with Gasteiger partial charge in [-0.25, -0.2) is 0 Å². The van der Waals surface area contributed by atoms with Gasteiger partial charge in [-0.15, -0.1) is 11.3 Å². The van der Waals surface area contributed by atoms with E-state index in [9.17, 15) is 9.69 Å². The zero-order valence-corrected chi connectivity index (χ0v) is 16.5. The van der Waals surface area contributed by atoms with Crippen LogP contribution >= 0.6 is 31.1 Å². The Morgan fingerprint density at radius 2 is 2.12 bits per heavy atom. The molecule has 3 rings (SSSR count). The van der Waals surface area contributed by atoms with E-state index in [1.165, 1.54) is 11.3 Å². The van der Waals surface area contributed by atoms with Crippen LogP contribution in [-0.4, -0.2) is 17.5 Å². The molecule has 4 N–H and O–H groups in total. The molecule has 26 heavy (non-hydrogen) atoms. The second-order valence-electron chi connectivity index (χ2n) is 5.78. The second kappa shape index (κ2) is 8.19. The van der Waals surface area contributed by atoms with Crippen LogP contribution in [0.25, 0.3) is 16.2 Å². The Morgan fingerprint density at radius 1 is 1.35 bits per heavy atom. The maximum absolute atomic E-state index is 12.7.